The zero-order chi connectivity index (χ0) is 17.8. The normalized spacial score (nSPS) is 10.5. The van der Waals surface area contributed by atoms with Gasteiger partial charge in [-0.1, -0.05) is 23.5 Å². The summed E-state index contributed by atoms with van der Waals surface area (Å²) >= 11 is 1.36. The number of carbonyl (C=O) groups is 2. The van der Waals surface area contributed by atoms with Gasteiger partial charge in [-0.2, -0.15) is 0 Å². The molecule has 0 atom stereocenters. The summed E-state index contributed by atoms with van der Waals surface area (Å²) in [5.41, 5.74) is 1.33. The van der Waals surface area contributed by atoms with Gasteiger partial charge in [0.1, 0.15) is 11.5 Å². The van der Waals surface area contributed by atoms with Crippen molar-refractivity contribution < 1.29 is 19.1 Å². The molecule has 25 heavy (non-hydrogen) atoms. The van der Waals surface area contributed by atoms with Crippen LogP contribution < -0.4 is 14.8 Å². The van der Waals surface area contributed by atoms with Gasteiger partial charge in [-0.25, -0.2) is 4.98 Å². The molecule has 0 aliphatic heterocycles. The van der Waals surface area contributed by atoms with Gasteiger partial charge < -0.3 is 9.47 Å². The first-order valence-corrected chi connectivity index (χ1v) is 8.35. The lowest BCUT2D eigenvalue weighted by molar-refractivity contribution is -0.118. The molecule has 0 unspecified atom stereocenters. The van der Waals surface area contributed by atoms with Gasteiger partial charge in [-0.15, -0.1) is 0 Å². The van der Waals surface area contributed by atoms with Crippen molar-refractivity contribution in [2.24, 2.45) is 0 Å². The molecule has 0 aliphatic carbocycles. The van der Waals surface area contributed by atoms with Crippen LogP contribution in [0, 0.1) is 0 Å². The summed E-state index contributed by atoms with van der Waals surface area (Å²) in [5.74, 6) is 0.832. The van der Waals surface area contributed by atoms with Crippen molar-refractivity contribution in [2.75, 3.05) is 19.0 Å². The number of aromatic nitrogens is 1. The number of benzene rings is 2. The van der Waals surface area contributed by atoms with Crippen LogP contribution in [0.15, 0.2) is 42.5 Å². The van der Waals surface area contributed by atoms with Crippen LogP contribution in [0.2, 0.25) is 0 Å². The van der Waals surface area contributed by atoms with E-state index in [2.05, 4.69) is 10.3 Å². The largest absolute Gasteiger partial charge is 0.497 e. The SMILES string of the molecule is COc1ccc2nc(NC(=O)COc3cccc(C(C)=O)c3)sc2c1. The fraction of sp³-hybridized carbons (Fsp3) is 0.167. The minimum Gasteiger partial charge on any atom is -0.497 e. The van der Waals surface area contributed by atoms with Crippen molar-refractivity contribution in [3.05, 3.63) is 48.0 Å². The first-order chi connectivity index (χ1) is 12.0. The molecule has 0 saturated heterocycles. The molecule has 0 radical (unpaired) electrons. The molecule has 7 heteroatoms. The third-order valence-electron chi connectivity index (χ3n) is 3.45. The van der Waals surface area contributed by atoms with Crippen LogP contribution in [0.3, 0.4) is 0 Å². The van der Waals surface area contributed by atoms with Gasteiger partial charge in [-0.05, 0) is 37.3 Å². The lowest BCUT2D eigenvalue weighted by Crippen LogP contribution is -2.20. The molecule has 1 heterocycles. The first kappa shape index (κ1) is 16.9. The molecule has 0 bridgehead atoms. The highest BCUT2D eigenvalue weighted by atomic mass is 32.1. The summed E-state index contributed by atoms with van der Waals surface area (Å²) in [7, 11) is 1.60. The summed E-state index contributed by atoms with van der Waals surface area (Å²) in [6.07, 6.45) is 0. The molecule has 0 saturated carbocycles. The van der Waals surface area contributed by atoms with Crippen molar-refractivity contribution in [3.8, 4) is 11.5 Å². The number of amides is 1. The zero-order valence-corrected chi connectivity index (χ0v) is 14.6. The van der Waals surface area contributed by atoms with E-state index in [4.69, 9.17) is 9.47 Å². The number of hydrogen-bond donors (Lipinski definition) is 1. The number of ketones is 1. The Morgan fingerprint density at radius 2 is 2.00 bits per heavy atom. The Bertz CT molecular complexity index is 936. The third-order valence-corrected chi connectivity index (χ3v) is 4.39. The van der Waals surface area contributed by atoms with Gasteiger partial charge in [0.25, 0.3) is 5.91 Å². The van der Waals surface area contributed by atoms with Crippen molar-refractivity contribution in [2.45, 2.75) is 6.92 Å². The molecule has 1 amide bonds. The van der Waals surface area contributed by atoms with Gasteiger partial charge in [0.15, 0.2) is 17.5 Å². The topological polar surface area (TPSA) is 77.5 Å². The molecule has 3 aromatic rings. The predicted octanol–water partition coefficient (Wildman–Crippen LogP) is 3.53. The van der Waals surface area contributed by atoms with Crippen LogP contribution in [0.25, 0.3) is 10.2 Å². The quantitative estimate of drug-likeness (QED) is 0.684. The number of Topliss-reactive ketones (excluding diaryl/α,β-unsaturated/α-hetero) is 1. The highest BCUT2D eigenvalue weighted by molar-refractivity contribution is 7.22. The Balaban J connectivity index is 1.62. The number of carbonyl (C=O) groups excluding carboxylic acids is 2. The Morgan fingerprint density at radius 3 is 2.76 bits per heavy atom. The molecule has 3 rings (SSSR count). The van der Waals surface area contributed by atoms with E-state index in [9.17, 15) is 9.59 Å². The average Bonchev–Trinajstić information content (AvgIpc) is 3.01. The van der Waals surface area contributed by atoms with Gasteiger partial charge >= 0.3 is 0 Å². The van der Waals surface area contributed by atoms with E-state index in [1.807, 2.05) is 18.2 Å². The number of methoxy groups -OCH3 is 1. The number of fused-ring (bicyclic) bond motifs is 1. The molecule has 0 fully saturated rings. The van der Waals surface area contributed by atoms with Crippen LogP contribution in [0.4, 0.5) is 5.13 Å². The second-order valence-corrected chi connectivity index (χ2v) is 6.30. The number of anilines is 1. The molecule has 128 valence electrons. The number of thiazole rings is 1. The van der Waals surface area contributed by atoms with Crippen LogP contribution in [-0.2, 0) is 4.79 Å². The monoisotopic (exact) mass is 356 g/mol. The lowest BCUT2D eigenvalue weighted by Gasteiger charge is -2.06. The number of nitrogens with one attached hydrogen (secondary N) is 1. The minimum absolute atomic E-state index is 0.0557. The zero-order valence-electron chi connectivity index (χ0n) is 13.7. The predicted molar refractivity (Wildman–Crippen MR) is 96.7 cm³/mol. The second-order valence-electron chi connectivity index (χ2n) is 5.27. The smallest absolute Gasteiger partial charge is 0.264 e. The summed E-state index contributed by atoms with van der Waals surface area (Å²) in [6, 6.07) is 12.2. The van der Waals surface area contributed by atoms with Gasteiger partial charge in [-0.3, -0.25) is 14.9 Å². The van der Waals surface area contributed by atoms with Gasteiger partial charge in [0, 0.05) is 5.56 Å². The summed E-state index contributed by atoms with van der Waals surface area (Å²) < 4.78 is 11.5. The number of hydrogen-bond acceptors (Lipinski definition) is 6. The summed E-state index contributed by atoms with van der Waals surface area (Å²) in [6.45, 7) is 1.31. The van der Waals surface area contributed by atoms with E-state index in [-0.39, 0.29) is 18.3 Å². The van der Waals surface area contributed by atoms with Crippen molar-refractivity contribution >= 4 is 38.4 Å². The maximum Gasteiger partial charge on any atom is 0.264 e. The Morgan fingerprint density at radius 1 is 1.16 bits per heavy atom. The van der Waals surface area contributed by atoms with Crippen LogP contribution >= 0.6 is 11.3 Å². The fourth-order valence-electron chi connectivity index (χ4n) is 2.19. The Hall–Kier alpha value is -2.93. The van der Waals surface area contributed by atoms with E-state index in [1.165, 1.54) is 18.3 Å². The standard InChI is InChI=1S/C18H16N2O4S/c1-11(21)12-4-3-5-14(8-12)24-10-17(22)20-18-19-15-7-6-13(23-2)9-16(15)25-18/h3-9H,10H2,1-2H3,(H,19,20,22). The van der Waals surface area contributed by atoms with E-state index >= 15 is 0 Å². The van der Waals surface area contributed by atoms with Gasteiger partial charge in [0.05, 0.1) is 17.3 Å². The molecule has 0 aliphatic rings. The second kappa shape index (κ2) is 7.31. The molecule has 6 nitrogen and oxygen atoms in total. The summed E-state index contributed by atoms with van der Waals surface area (Å²) in [4.78, 5) is 27.8. The molecule has 2 aromatic carbocycles. The van der Waals surface area contributed by atoms with E-state index in [0.29, 0.717) is 16.4 Å². The van der Waals surface area contributed by atoms with E-state index < -0.39 is 0 Å². The molecular formula is C18H16N2O4S. The molecule has 1 aromatic heterocycles. The molecular weight excluding hydrogens is 340 g/mol. The summed E-state index contributed by atoms with van der Waals surface area (Å²) in [5, 5.41) is 3.21. The molecule has 1 N–H and O–H groups in total. The highest BCUT2D eigenvalue weighted by Gasteiger charge is 2.10. The number of ether oxygens (including phenoxy) is 2. The Kier molecular flexibility index (Phi) is 4.95. The van der Waals surface area contributed by atoms with E-state index in [0.717, 1.165) is 16.0 Å². The first-order valence-electron chi connectivity index (χ1n) is 7.53. The maximum atomic E-state index is 12.0. The Labute approximate surface area is 148 Å². The highest BCUT2D eigenvalue weighted by Crippen LogP contribution is 2.29. The van der Waals surface area contributed by atoms with Gasteiger partial charge in [0.2, 0.25) is 0 Å². The maximum absolute atomic E-state index is 12.0. The van der Waals surface area contributed by atoms with E-state index in [1.54, 1.807) is 31.4 Å². The van der Waals surface area contributed by atoms with Crippen molar-refractivity contribution in [3.63, 3.8) is 0 Å². The number of rotatable bonds is 6. The third kappa shape index (κ3) is 4.13. The van der Waals surface area contributed by atoms with Crippen LogP contribution in [0.1, 0.15) is 17.3 Å². The van der Waals surface area contributed by atoms with Crippen molar-refractivity contribution in [1.82, 2.24) is 4.98 Å². The average molecular weight is 356 g/mol. The minimum atomic E-state index is -0.320. The van der Waals surface area contributed by atoms with Crippen molar-refractivity contribution in [1.29, 1.82) is 0 Å². The lowest BCUT2D eigenvalue weighted by atomic mass is 10.1. The van der Waals surface area contributed by atoms with Crippen LogP contribution in [0.5, 0.6) is 11.5 Å². The fourth-order valence-corrected chi connectivity index (χ4v) is 3.10. The number of nitrogens with zero attached hydrogens (tertiary/aromatic N) is 1. The molecule has 0 spiro atoms. The van der Waals surface area contributed by atoms with Crippen LogP contribution in [-0.4, -0.2) is 30.4 Å².